The van der Waals surface area contributed by atoms with Gasteiger partial charge in [-0.15, -0.1) is 0 Å². The lowest BCUT2D eigenvalue weighted by molar-refractivity contribution is -0.603. The Bertz CT molecular complexity index is 241. The molecule has 0 unspecified atom stereocenters. The highest BCUT2D eigenvalue weighted by Gasteiger charge is 2.00. The van der Waals surface area contributed by atoms with Crippen molar-refractivity contribution in [3.05, 3.63) is 34.3 Å². The van der Waals surface area contributed by atoms with Gasteiger partial charge in [-0.1, -0.05) is 15.9 Å². The van der Waals surface area contributed by atoms with E-state index in [1.165, 1.54) is 6.20 Å². The lowest BCUT2D eigenvalue weighted by Crippen LogP contribution is -2.26. The minimum Gasteiger partial charge on any atom is -0.618 e. The third kappa shape index (κ3) is 1.61. The van der Waals surface area contributed by atoms with E-state index in [0.29, 0.717) is 10.1 Å². The Balaban J connectivity index is 3.04. The second-order valence-electron chi connectivity index (χ2n) is 1.82. The number of aromatic nitrogens is 1. The zero-order valence-corrected chi connectivity index (χ0v) is 7.39. The van der Waals surface area contributed by atoms with E-state index < -0.39 is 0 Å². The Hall–Kier alpha value is -0.280. The number of rotatable bonds is 1. The average Bonchev–Trinajstić information content (AvgIpc) is 1.95. The van der Waals surface area contributed by atoms with E-state index in [1.807, 2.05) is 0 Å². The van der Waals surface area contributed by atoms with Gasteiger partial charge in [0.05, 0.1) is 0 Å². The first-order valence-corrected chi connectivity index (χ1v) is 4.17. The smallest absolute Gasteiger partial charge is 0.286 e. The van der Waals surface area contributed by atoms with Crippen LogP contribution in [-0.2, 0) is 5.33 Å². The van der Waals surface area contributed by atoms with Gasteiger partial charge in [-0.25, -0.2) is 0 Å². The molecule has 54 valence electrons. The van der Waals surface area contributed by atoms with Crippen molar-refractivity contribution >= 4 is 27.5 Å². The first-order valence-electron chi connectivity index (χ1n) is 2.67. The molecular formula is C6H5BrClNO. The Morgan fingerprint density at radius 3 is 2.90 bits per heavy atom. The summed E-state index contributed by atoms with van der Waals surface area (Å²) in [5, 5.41) is 11.6. The van der Waals surface area contributed by atoms with E-state index in [-0.39, 0.29) is 5.15 Å². The lowest BCUT2D eigenvalue weighted by Gasteiger charge is -1.98. The van der Waals surface area contributed by atoms with Crippen LogP contribution in [0, 0.1) is 5.21 Å². The van der Waals surface area contributed by atoms with Crippen LogP contribution in [0.15, 0.2) is 18.3 Å². The molecule has 0 aliphatic carbocycles. The van der Waals surface area contributed by atoms with Crippen LogP contribution in [0.3, 0.4) is 0 Å². The maximum Gasteiger partial charge on any atom is 0.286 e. The van der Waals surface area contributed by atoms with Crippen molar-refractivity contribution in [3.8, 4) is 0 Å². The maximum atomic E-state index is 10.7. The maximum absolute atomic E-state index is 10.7. The van der Waals surface area contributed by atoms with Gasteiger partial charge in [0.1, 0.15) is 0 Å². The van der Waals surface area contributed by atoms with E-state index in [9.17, 15) is 5.21 Å². The molecule has 0 amide bonds. The Morgan fingerprint density at radius 2 is 2.40 bits per heavy atom. The molecule has 0 aliphatic heterocycles. The summed E-state index contributed by atoms with van der Waals surface area (Å²) in [5.41, 5.74) is 0.997. The predicted octanol–water partition coefficient (Wildman–Crippen LogP) is 1.87. The van der Waals surface area contributed by atoms with Crippen molar-refractivity contribution < 1.29 is 4.73 Å². The highest BCUT2D eigenvalue weighted by molar-refractivity contribution is 9.08. The molecule has 0 saturated heterocycles. The van der Waals surface area contributed by atoms with Gasteiger partial charge in [-0.05, 0) is 17.2 Å². The van der Waals surface area contributed by atoms with Gasteiger partial charge in [-0.2, -0.15) is 4.73 Å². The number of alkyl halides is 1. The predicted molar refractivity (Wildman–Crippen MR) is 43.0 cm³/mol. The van der Waals surface area contributed by atoms with Crippen molar-refractivity contribution in [1.82, 2.24) is 0 Å². The molecule has 0 bridgehead atoms. The first-order chi connectivity index (χ1) is 4.74. The Kier molecular flexibility index (Phi) is 2.51. The van der Waals surface area contributed by atoms with Gasteiger partial charge in [0.2, 0.25) is 0 Å². The zero-order valence-electron chi connectivity index (χ0n) is 5.05. The molecule has 1 aromatic heterocycles. The highest BCUT2D eigenvalue weighted by atomic mass is 79.9. The summed E-state index contributed by atoms with van der Waals surface area (Å²) in [6.07, 6.45) is 1.39. The molecule has 0 N–H and O–H groups in total. The molecule has 0 fully saturated rings. The normalized spacial score (nSPS) is 9.80. The van der Waals surface area contributed by atoms with Crippen LogP contribution in [0.4, 0.5) is 0 Å². The van der Waals surface area contributed by atoms with Crippen LogP contribution >= 0.6 is 27.5 Å². The molecule has 2 nitrogen and oxygen atoms in total. The minimum atomic E-state index is 0.206. The van der Waals surface area contributed by atoms with Crippen LogP contribution in [0.2, 0.25) is 5.15 Å². The van der Waals surface area contributed by atoms with Gasteiger partial charge in [0.15, 0.2) is 6.20 Å². The second-order valence-corrected chi connectivity index (χ2v) is 2.77. The quantitative estimate of drug-likeness (QED) is 0.308. The molecule has 4 heteroatoms. The van der Waals surface area contributed by atoms with E-state index in [4.69, 9.17) is 11.6 Å². The van der Waals surface area contributed by atoms with Crippen LogP contribution in [0.5, 0.6) is 0 Å². The van der Waals surface area contributed by atoms with Crippen LogP contribution in [0.1, 0.15) is 5.56 Å². The number of halogens is 2. The highest BCUT2D eigenvalue weighted by Crippen LogP contribution is 2.07. The molecule has 1 heterocycles. The van der Waals surface area contributed by atoms with Crippen LogP contribution in [-0.4, -0.2) is 0 Å². The average molecular weight is 222 g/mol. The third-order valence-corrected chi connectivity index (χ3v) is 2.02. The SMILES string of the molecule is [O-][n+]1ccc(CBr)cc1Cl. The number of hydrogen-bond acceptors (Lipinski definition) is 1. The molecule has 0 aromatic carbocycles. The Labute approximate surface area is 72.1 Å². The van der Waals surface area contributed by atoms with Gasteiger partial charge >= 0.3 is 0 Å². The standard InChI is InChI=1S/C6H5BrClNO/c7-4-5-1-2-9(10)6(8)3-5/h1-3H,4H2. The van der Waals surface area contributed by atoms with Gasteiger partial charge in [-0.3, -0.25) is 0 Å². The molecule has 0 saturated carbocycles. The Morgan fingerprint density at radius 1 is 1.70 bits per heavy atom. The van der Waals surface area contributed by atoms with Gasteiger partial charge < -0.3 is 5.21 Å². The van der Waals surface area contributed by atoms with E-state index in [0.717, 1.165) is 5.56 Å². The number of nitrogens with zero attached hydrogens (tertiary/aromatic N) is 1. The molecule has 0 radical (unpaired) electrons. The third-order valence-electron chi connectivity index (χ3n) is 1.09. The topological polar surface area (TPSA) is 26.9 Å². The summed E-state index contributed by atoms with van der Waals surface area (Å²) in [6, 6.07) is 3.34. The zero-order chi connectivity index (χ0) is 7.56. The summed E-state index contributed by atoms with van der Waals surface area (Å²) in [7, 11) is 0. The van der Waals surface area contributed by atoms with Crippen molar-refractivity contribution in [1.29, 1.82) is 0 Å². The first kappa shape index (κ1) is 7.82. The molecular weight excluding hydrogens is 217 g/mol. The molecule has 0 spiro atoms. The summed E-state index contributed by atoms with van der Waals surface area (Å²) >= 11 is 8.77. The largest absolute Gasteiger partial charge is 0.618 e. The summed E-state index contributed by atoms with van der Waals surface area (Å²) in [5.74, 6) is 0. The minimum absolute atomic E-state index is 0.206. The van der Waals surface area contributed by atoms with Crippen molar-refractivity contribution in [3.63, 3.8) is 0 Å². The van der Waals surface area contributed by atoms with Crippen LogP contribution < -0.4 is 4.73 Å². The fraction of sp³-hybridized carbons (Fsp3) is 0.167. The van der Waals surface area contributed by atoms with Gasteiger partial charge in [0, 0.05) is 17.5 Å². The molecule has 1 rings (SSSR count). The van der Waals surface area contributed by atoms with Crippen LogP contribution in [0.25, 0.3) is 0 Å². The van der Waals surface area contributed by atoms with Crippen molar-refractivity contribution in [2.45, 2.75) is 5.33 Å². The van der Waals surface area contributed by atoms with E-state index in [1.54, 1.807) is 12.1 Å². The van der Waals surface area contributed by atoms with E-state index in [2.05, 4.69) is 15.9 Å². The van der Waals surface area contributed by atoms with E-state index >= 15 is 0 Å². The molecule has 0 atom stereocenters. The fourth-order valence-corrected chi connectivity index (χ4v) is 1.13. The molecule has 1 aromatic rings. The van der Waals surface area contributed by atoms with Gasteiger partial charge in [0.25, 0.3) is 5.15 Å². The lowest BCUT2D eigenvalue weighted by atomic mass is 10.3. The molecule has 10 heavy (non-hydrogen) atoms. The fourth-order valence-electron chi connectivity index (χ4n) is 0.582. The summed E-state index contributed by atoms with van der Waals surface area (Å²) < 4.78 is 0.619. The molecule has 0 aliphatic rings. The monoisotopic (exact) mass is 221 g/mol. The number of hydrogen-bond donors (Lipinski definition) is 0. The summed E-state index contributed by atoms with van der Waals surface area (Å²) in [6.45, 7) is 0. The number of pyridine rings is 1. The van der Waals surface area contributed by atoms with Crippen molar-refractivity contribution in [2.75, 3.05) is 0 Å². The van der Waals surface area contributed by atoms with Crippen molar-refractivity contribution in [2.24, 2.45) is 0 Å². The summed E-state index contributed by atoms with van der Waals surface area (Å²) in [4.78, 5) is 0. The second kappa shape index (κ2) is 3.21.